The van der Waals surface area contributed by atoms with Crippen molar-refractivity contribution in [3.05, 3.63) is 21.3 Å². The van der Waals surface area contributed by atoms with Gasteiger partial charge in [-0.1, -0.05) is 25.4 Å². The number of halogens is 1. The van der Waals surface area contributed by atoms with E-state index in [0.29, 0.717) is 12.3 Å². The van der Waals surface area contributed by atoms with Crippen molar-refractivity contribution in [2.45, 2.75) is 20.3 Å². The summed E-state index contributed by atoms with van der Waals surface area (Å²) in [5, 5.41) is 2.86. The van der Waals surface area contributed by atoms with Gasteiger partial charge in [0.1, 0.15) is 0 Å². The molecular weight excluding hydrogens is 218 g/mol. The van der Waals surface area contributed by atoms with Crippen LogP contribution in [0, 0.1) is 5.92 Å². The fourth-order valence-electron chi connectivity index (χ4n) is 0.985. The molecule has 0 saturated carbocycles. The van der Waals surface area contributed by atoms with Crippen molar-refractivity contribution in [1.29, 1.82) is 0 Å². The average molecular weight is 232 g/mol. The Labute approximate surface area is 93.3 Å². The van der Waals surface area contributed by atoms with Crippen LogP contribution in [0.2, 0.25) is 4.34 Å². The summed E-state index contributed by atoms with van der Waals surface area (Å²) in [6.07, 6.45) is 0.435. The van der Waals surface area contributed by atoms with Crippen LogP contribution in [0.4, 0.5) is 0 Å². The van der Waals surface area contributed by atoms with Gasteiger partial charge in [0.25, 0.3) is 0 Å². The Morgan fingerprint density at radius 1 is 1.57 bits per heavy atom. The maximum absolute atomic E-state index is 11.4. The molecule has 0 bridgehead atoms. The fourth-order valence-corrected chi connectivity index (χ4v) is 2.07. The van der Waals surface area contributed by atoms with E-state index in [1.807, 2.05) is 12.1 Å². The number of hydrogen-bond acceptors (Lipinski definition) is 2. The van der Waals surface area contributed by atoms with Crippen molar-refractivity contribution in [3.8, 4) is 0 Å². The van der Waals surface area contributed by atoms with E-state index in [-0.39, 0.29) is 5.91 Å². The summed E-state index contributed by atoms with van der Waals surface area (Å²) in [5.41, 5.74) is 0. The van der Waals surface area contributed by atoms with Crippen LogP contribution in [0.5, 0.6) is 0 Å². The van der Waals surface area contributed by atoms with Crippen LogP contribution >= 0.6 is 22.9 Å². The first kappa shape index (κ1) is 11.5. The number of carbonyl (C=O) groups is 1. The molecule has 0 aliphatic rings. The van der Waals surface area contributed by atoms with Gasteiger partial charge in [-0.3, -0.25) is 4.79 Å². The van der Waals surface area contributed by atoms with Gasteiger partial charge in [0.15, 0.2) is 0 Å². The Bertz CT molecular complexity index is 309. The predicted molar refractivity (Wildman–Crippen MR) is 60.9 cm³/mol. The third kappa shape index (κ3) is 4.11. The third-order valence-electron chi connectivity index (χ3n) is 1.67. The molecule has 0 unspecified atom stereocenters. The summed E-state index contributed by atoms with van der Waals surface area (Å²) < 4.78 is 0.733. The van der Waals surface area contributed by atoms with Crippen LogP contribution in [0.1, 0.15) is 18.7 Å². The first-order valence-corrected chi connectivity index (χ1v) is 5.78. The standard InChI is InChI=1S/C10H14ClNOS/c1-7(2)6-12-10(13)5-8-3-4-9(11)14-8/h3-4,7H,5-6H2,1-2H3,(H,12,13). The highest BCUT2D eigenvalue weighted by atomic mass is 35.5. The van der Waals surface area contributed by atoms with Crippen LogP contribution < -0.4 is 5.32 Å². The van der Waals surface area contributed by atoms with Gasteiger partial charge >= 0.3 is 0 Å². The number of thiophene rings is 1. The summed E-state index contributed by atoms with van der Waals surface area (Å²) in [4.78, 5) is 12.4. The molecule has 1 N–H and O–H groups in total. The minimum atomic E-state index is 0.0669. The lowest BCUT2D eigenvalue weighted by atomic mass is 10.2. The molecule has 4 heteroatoms. The van der Waals surface area contributed by atoms with Crippen molar-refractivity contribution >= 4 is 28.8 Å². The fraction of sp³-hybridized carbons (Fsp3) is 0.500. The van der Waals surface area contributed by atoms with Gasteiger partial charge in [-0.25, -0.2) is 0 Å². The Kier molecular flexibility index (Phi) is 4.42. The van der Waals surface area contributed by atoms with E-state index >= 15 is 0 Å². The molecule has 0 fully saturated rings. The number of hydrogen-bond donors (Lipinski definition) is 1. The lowest BCUT2D eigenvalue weighted by Gasteiger charge is -2.06. The molecule has 0 aromatic carbocycles. The van der Waals surface area contributed by atoms with Crippen LogP contribution in [-0.4, -0.2) is 12.5 Å². The van der Waals surface area contributed by atoms with Gasteiger partial charge in [0, 0.05) is 11.4 Å². The number of rotatable bonds is 4. The minimum absolute atomic E-state index is 0.0669. The van der Waals surface area contributed by atoms with E-state index in [1.165, 1.54) is 11.3 Å². The zero-order valence-electron chi connectivity index (χ0n) is 8.34. The van der Waals surface area contributed by atoms with E-state index < -0.39 is 0 Å². The summed E-state index contributed by atoms with van der Waals surface area (Å²) in [5.74, 6) is 0.558. The maximum atomic E-state index is 11.4. The van der Waals surface area contributed by atoms with E-state index in [4.69, 9.17) is 11.6 Å². The van der Waals surface area contributed by atoms with Gasteiger partial charge in [-0.05, 0) is 18.1 Å². The highest BCUT2D eigenvalue weighted by Gasteiger charge is 2.05. The molecule has 1 aromatic heterocycles. The van der Waals surface area contributed by atoms with Crippen LogP contribution in [0.25, 0.3) is 0 Å². The lowest BCUT2D eigenvalue weighted by Crippen LogP contribution is -2.28. The molecule has 0 spiro atoms. The smallest absolute Gasteiger partial charge is 0.225 e. The van der Waals surface area contributed by atoms with Gasteiger partial charge in [0.05, 0.1) is 10.8 Å². The van der Waals surface area contributed by atoms with Gasteiger partial charge < -0.3 is 5.32 Å². The molecular formula is C10H14ClNOS. The largest absolute Gasteiger partial charge is 0.356 e. The highest BCUT2D eigenvalue weighted by Crippen LogP contribution is 2.21. The van der Waals surface area contributed by atoms with Crippen molar-refractivity contribution in [3.63, 3.8) is 0 Å². The number of amides is 1. The molecule has 1 amide bonds. The number of nitrogens with one attached hydrogen (secondary N) is 1. The Morgan fingerprint density at radius 3 is 2.79 bits per heavy atom. The van der Waals surface area contributed by atoms with Crippen LogP contribution in [0.15, 0.2) is 12.1 Å². The van der Waals surface area contributed by atoms with Crippen molar-refractivity contribution in [2.75, 3.05) is 6.54 Å². The third-order valence-corrected chi connectivity index (χ3v) is 2.90. The lowest BCUT2D eigenvalue weighted by molar-refractivity contribution is -0.120. The average Bonchev–Trinajstić information content (AvgIpc) is 2.48. The SMILES string of the molecule is CC(C)CNC(=O)Cc1ccc(Cl)s1. The first-order chi connectivity index (χ1) is 6.58. The molecule has 1 aromatic rings. The van der Waals surface area contributed by atoms with E-state index in [1.54, 1.807) is 0 Å². The van der Waals surface area contributed by atoms with Crippen molar-refractivity contribution in [1.82, 2.24) is 5.32 Å². The molecule has 0 atom stereocenters. The maximum Gasteiger partial charge on any atom is 0.225 e. The Balaban J connectivity index is 2.34. The molecule has 0 radical (unpaired) electrons. The predicted octanol–water partition coefficient (Wildman–Crippen LogP) is 2.72. The summed E-state index contributed by atoms with van der Waals surface area (Å²) >= 11 is 7.21. The minimum Gasteiger partial charge on any atom is -0.356 e. The van der Waals surface area contributed by atoms with Gasteiger partial charge in [-0.2, -0.15) is 0 Å². The zero-order chi connectivity index (χ0) is 10.6. The van der Waals surface area contributed by atoms with Crippen molar-refractivity contribution in [2.24, 2.45) is 5.92 Å². The molecule has 0 aliphatic carbocycles. The van der Waals surface area contributed by atoms with E-state index in [9.17, 15) is 4.79 Å². The van der Waals surface area contributed by atoms with E-state index in [2.05, 4.69) is 19.2 Å². The first-order valence-electron chi connectivity index (χ1n) is 4.59. The zero-order valence-corrected chi connectivity index (χ0v) is 9.91. The molecule has 1 heterocycles. The second-order valence-corrected chi connectivity index (χ2v) is 5.38. The second-order valence-electron chi connectivity index (χ2n) is 3.58. The summed E-state index contributed by atoms with van der Waals surface area (Å²) in [6, 6.07) is 3.71. The van der Waals surface area contributed by atoms with Gasteiger partial charge in [-0.15, -0.1) is 11.3 Å². The monoisotopic (exact) mass is 231 g/mol. The van der Waals surface area contributed by atoms with Crippen molar-refractivity contribution < 1.29 is 4.79 Å². The quantitative estimate of drug-likeness (QED) is 0.848. The summed E-state index contributed by atoms with van der Waals surface area (Å²) in [6.45, 7) is 4.88. The summed E-state index contributed by atoms with van der Waals surface area (Å²) in [7, 11) is 0. The van der Waals surface area contributed by atoms with Gasteiger partial charge in [0.2, 0.25) is 5.91 Å². The molecule has 0 aliphatic heterocycles. The Morgan fingerprint density at radius 2 is 2.29 bits per heavy atom. The van der Waals surface area contributed by atoms with Crippen LogP contribution in [-0.2, 0) is 11.2 Å². The van der Waals surface area contributed by atoms with E-state index in [0.717, 1.165) is 15.8 Å². The molecule has 1 rings (SSSR count). The van der Waals surface area contributed by atoms with Crippen LogP contribution in [0.3, 0.4) is 0 Å². The molecule has 0 saturated heterocycles. The topological polar surface area (TPSA) is 29.1 Å². The number of carbonyl (C=O) groups excluding carboxylic acids is 1. The highest BCUT2D eigenvalue weighted by molar-refractivity contribution is 7.16. The molecule has 2 nitrogen and oxygen atoms in total. The Hall–Kier alpha value is -0.540. The second kappa shape index (κ2) is 5.37. The normalized spacial score (nSPS) is 10.6. The molecule has 78 valence electrons. The molecule has 14 heavy (non-hydrogen) atoms.